The summed E-state index contributed by atoms with van der Waals surface area (Å²) in [4.78, 5) is 0. The Hall–Kier alpha value is -0.0900. The van der Waals surface area contributed by atoms with Crippen molar-refractivity contribution in [2.24, 2.45) is 0 Å². The molecule has 4 heteroatoms. The molecule has 1 aliphatic heterocycles. The van der Waals surface area contributed by atoms with E-state index in [1.807, 2.05) is 0 Å². The Morgan fingerprint density at radius 3 is 2.20 bits per heavy atom. The van der Waals surface area contributed by atoms with Gasteiger partial charge < -0.3 is 5.11 Å². The molecule has 1 N–H and O–H groups in total. The van der Waals surface area contributed by atoms with Crippen LogP contribution in [0.15, 0.2) is 0 Å². The summed E-state index contributed by atoms with van der Waals surface area (Å²) in [5.74, 6) is -0.0822. The molecule has 0 radical (unpaired) electrons. The lowest BCUT2D eigenvalue weighted by atomic mass is 10.0. The van der Waals surface area contributed by atoms with E-state index in [-0.39, 0.29) is 11.0 Å². The number of rotatable bonds is 0. The minimum Gasteiger partial charge on any atom is -0.389 e. The molecule has 60 valence electrons. The van der Waals surface area contributed by atoms with Crippen LogP contribution in [0.25, 0.3) is 0 Å². The fourth-order valence-corrected chi connectivity index (χ4v) is 3.26. The van der Waals surface area contributed by atoms with Gasteiger partial charge in [-0.2, -0.15) is 0 Å². The SMILES string of the molecule is C[C@H]1C[C@@](C)(O)CS1(=O)=O. The van der Waals surface area contributed by atoms with Crippen LogP contribution in [-0.2, 0) is 9.84 Å². The van der Waals surface area contributed by atoms with Crippen molar-refractivity contribution >= 4 is 9.84 Å². The first-order chi connectivity index (χ1) is 4.33. The van der Waals surface area contributed by atoms with Crippen LogP contribution >= 0.6 is 0 Å². The molecule has 0 aromatic rings. The highest BCUT2D eigenvalue weighted by atomic mass is 32.2. The highest BCUT2D eigenvalue weighted by Gasteiger charge is 2.42. The summed E-state index contributed by atoms with van der Waals surface area (Å²) in [5, 5.41) is 8.95. The van der Waals surface area contributed by atoms with Crippen molar-refractivity contribution < 1.29 is 13.5 Å². The predicted octanol–water partition coefficient (Wildman–Crippen LogP) is -0.0556. The fraction of sp³-hybridized carbons (Fsp3) is 1.00. The van der Waals surface area contributed by atoms with Gasteiger partial charge >= 0.3 is 0 Å². The van der Waals surface area contributed by atoms with E-state index in [9.17, 15) is 13.5 Å². The summed E-state index contributed by atoms with van der Waals surface area (Å²) in [7, 11) is -2.98. The predicted molar refractivity (Wildman–Crippen MR) is 38.5 cm³/mol. The van der Waals surface area contributed by atoms with Crippen molar-refractivity contribution in [2.45, 2.75) is 31.1 Å². The van der Waals surface area contributed by atoms with Crippen LogP contribution in [0.4, 0.5) is 0 Å². The summed E-state index contributed by atoms with van der Waals surface area (Å²) in [5.41, 5.74) is -0.988. The Kier molecular flexibility index (Phi) is 1.56. The monoisotopic (exact) mass is 164 g/mol. The summed E-state index contributed by atoms with van der Waals surface area (Å²) in [6.45, 7) is 3.20. The summed E-state index contributed by atoms with van der Waals surface area (Å²) >= 11 is 0. The van der Waals surface area contributed by atoms with Crippen LogP contribution in [0.5, 0.6) is 0 Å². The van der Waals surface area contributed by atoms with Crippen LogP contribution in [-0.4, -0.2) is 30.1 Å². The molecule has 0 aliphatic carbocycles. The number of aliphatic hydroxyl groups is 1. The molecule has 2 atom stereocenters. The average molecular weight is 164 g/mol. The van der Waals surface area contributed by atoms with Crippen molar-refractivity contribution in [1.29, 1.82) is 0 Å². The maximum Gasteiger partial charge on any atom is 0.155 e. The highest BCUT2D eigenvalue weighted by Crippen LogP contribution is 2.28. The van der Waals surface area contributed by atoms with E-state index in [1.165, 1.54) is 0 Å². The summed E-state index contributed by atoms with van der Waals surface area (Å²) < 4.78 is 22.0. The van der Waals surface area contributed by atoms with E-state index in [4.69, 9.17) is 0 Å². The first-order valence-electron chi connectivity index (χ1n) is 3.27. The molecule has 0 bridgehead atoms. The maximum atomic E-state index is 11.0. The van der Waals surface area contributed by atoms with Gasteiger partial charge in [0.15, 0.2) is 9.84 Å². The molecule has 1 aliphatic rings. The highest BCUT2D eigenvalue weighted by molar-refractivity contribution is 7.92. The molecule has 1 fully saturated rings. The van der Waals surface area contributed by atoms with Gasteiger partial charge in [0.2, 0.25) is 0 Å². The van der Waals surface area contributed by atoms with Gasteiger partial charge in [-0.1, -0.05) is 0 Å². The van der Waals surface area contributed by atoms with E-state index in [2.05, 4.69) is 0 Å². The second-order valence-corrected chi connectivity index (χ2v) is 5.74. The normalized spacial score (nSPS) is 45.7. The molecular formula is C6H12O3S. The van der Waals surface area contributed by atoms with Crippen LogP contribution in [0, 0.1) is 0 Å². The second kappa shape index (κ2) is 1.95. The van der Waals surface area contributed by atoms with Gasteiger partial charge in [0.05, 0.1) is 16.6 Å². The van der Waals surface area contributed by atoms with E-state index < -0.39 is 15.4 Å². The molecule has 1 saturated heterocycles. The zero-order chi connectivity index (χ0) is 7.99. The Balaban J connectivity index is 2.92. The molecular weight excluding hydrogens is 152 g/mol. The average Bonchev–Trinajstić information content (AvgIpc) is 1.73. The molecule has 0 aromatic heterocycles. The molecule has 3 nitrogen and oxygen atoms in total. The Morgan fingerprint density at radius 1 is 1.60 bits per heavy atom. The lowest BCUT2D eigenvalue weighted by molar-refractivity contribution is 0.0840. The Labute approximate surface area is 61.0 Å². The first-order valence-corrected chi connectivity index (χ1v) is 4.99. The number of hydrogen-bond donors (Lipinski definition) is 1. The van der Waals surface area contributed by atoms with Crippen molar-refractivity contribution in [3.63, 3.8) is 0 Å². The minimum absolute atomic E-state index is 0.0822. The largest absolute Gasteiger partial charge is 0.389 e. The van der Waals surface area contributed by atoms with Crippen molar-refractivity contribution in [3.05, 3.63) is 0 Å². The molecule has 0 saturated carbocycles. The third-order valence-electron chi connectivity index (χ3n) is 1.85. The number of hydrogen-bond acceptors (Lipinski definition) is 3. The first kappa shape index (κ1) is 8.01. The molecule has 0 spiro atoms. The standard InChI is InChI=1S/C6H12O3S/c1-5-3-6(2,7)4-10(5,8)9/h5,7H,3-4H2,1-2H3/t5-,6+/m0/s1. The number of sulfone groups is 1. The quantitative estimate of drug-likeness (QED) is 0.546. The van der Waals surface area contributed by atoms with Crippen LogP contribution in [0.2, 0.25) is 0 Å². The van der Waals surface area contributed by atoms with Crippen molar-refractivity contribution in [3.8, 4) is 0 Å². The minimum atomic E-state index is -2.98. The van der Waals surface area contributed by atoms with Gasteiger partial charge in [-0.3, -0.25) is 0 Å². The third kappa shape index (κ3) is 1.32. The van der Waals surface area contributed by atoms with E-state index in [1.54, 1.807) is 13.8 Å². The van der Waals surface area contributed by atoms with Gasteiger partial charge in [0, 0.05) is 0 Å². The molecule has 1 heterocycles. The van der Waals surface area contributed by atoms with Gasteiger partial charge in [-0.15, -0.1) is 0 Å². The van der Waals surface area contributed by atoms with E-state index in [0.29, 0.717) is 6.42 Å². The van der Waals surface area contributed by atoms with Gasteiger partial charge in [-0.25, -0.2) is 8.42 Å². The zero-order valence-electron chi connectivity index (χ0n) is 6.16. The molecule has 0 aromatic carbocycles. The maximum absolute atomic E-state index is 11.0. The van der Waals surface area contributed by atoms with E-state index >= 15 is 0 Å². The molecule has 0 unspecified atom stereocenters. The zero-order valence-corrected chi connectivity index (χ0v) is 6.98. The molecule has 0 amide bonds. The van der Waals surface area contributed by atoms with Crippen molar-refractivity contribution in [1.82, 2.24) is 0 Å². The van der Waals surface area contributed by atoms with Gasteiger partial charge in [0.25, 0.3) is 0 Å². The van der Waals surface area contributed by atoms with Crippen LogP contribution in [0.1, 0.15) is 20.3 Å². The van der Waals surface area contributed by atoms with Crippen molar-refractivity contribution in [2.75, 3.05) is 5.75 Å². The lowest BCUT2D eigenvalue weighted by Crippen LogP contribution is -2.24. The van der Waals surface area contributed by atoms with Gasteiger partial charge in [-0.05, 0) is 20.3 Å². The Morgan fingerprint density at radius 2 is 2.10 bits per heavy atom. The fourth-order valence-electron chi connectivity index (χ4n) is 1.38. The van der Waals surface area contributed by atoms with Crippen LogP contribution < -0.4 is 0 Å². The van der Waals surface area contributed by atoms with E-state index in [0.717, 1.165) is 0 Å². The lowest BCUT2D eigenvalue weighted by Gasteiger charge is -2.11. The molecule has 10 heavy (non-hydrogen) atoms. The molecule has 1 rings (SSSR count). The Bertz CT molecular complexity index is 227. The second-order valence-electron chi connectivity index (χ2n) is 3.32. The summed E-state index contributed by atoms with van der Waals surface area (Å²) in [6, 6.07) is 0. The summed E-state index contributed by atoms with van der Waals surface area (Å²) in [6.07, 6.45) is 0.370. The third-order valence-corrected chi connectivity index (χ3v) is 4.27. The smallest absolute Gasteiger partial charge is 0.155 e. The van der Waals surface area contributed by atoms with Gasteiger partial charge in [0.1, 0.15) is 0 Å². The topological polar surface area (TPSA) is 54.4 Å². The van der Waals surface area contributed by atoms with Crippen LogP contribution in [0.3, 0.4) is 0 Å².